The minimum Gasteiger partial charge on any atom is -0.378 e. The highest BCUT2D eigenvalue weighted by atomic mass is 16.3. The van der Waals surface area contributed by atoms with Gasteiger partial charge in [-0.3, -0.25) is 9.59 Å². The third-order valence-corrected chi connectivity index (χ3v) is 4.40. The zero-order chi connectivity index (χ0) is 15.4. The summed E-state index contributed by atoms with van der Waals surface area (Å²) >= 11 is 0. The fourth-order valence-electron chi connectivity index (χ4n) is 3.01. The Labute approximate surface area is 123 Å². The number of nitrogens with one attached hydrogen (secondary N) is 1. The number of benzene rings is 1. The number of nitrogens with zero attached hydrogens (tertiary/aromatic N) is 2. The van der Waals surface area contributed by atoms with E-state index in [1.807, 2.05) is 30.9 Å². The van der Waals surface area contributed by atoms with E-state index in [-0.39, 0.29) is 11.8 Å². The number of carbonyl (C=O) groups is 2. The molecule has 0 aromatic heterocycles. The summed E-state index contributed by atoms with van der Waals surface area (Å²) in [7, 11) is 1.65. The number of likely N-dealkylation sites (N-methyl/N-ethyl adjacent to an activating group) is 1. The van der Waals surface area contributed by atoms with Crippen LogP contribution in [0.1, 0.15) is 25.5 Å². The number of carbonyl (C=O) groups excluding carboxylic acids is 2. The van der Waals surface area contributed by atoms with Crippen molar-refractivity contribution in [3.8, 4) is 0 Å². The van der Waals surface area contributed by atoms with E-state index >= 15 is 0 Å². The van der Waals surface area contributed by atoms with Gasteiger partial charge in [0, 0.05) is 31.4 Å². The summed E-state index contributed by atoms with van der Waals surface area (Å²) in [6.45, 7) is 5.05. The molecule has 0 bridgehead atoms. The van der Waals surface area contributed by atoms with E-state index in [1.165, 1.54) is 4.90 Å². The van der Waals surface area contributed by atoms with E-state index in [2.05, 4.69) is 5.32 Å². The molecular formula is C15H19N3O3. The standard InChI is InChI=1S/C15H19N3O3/c1-15(2)14(21)16-6-7-18(15)9-4-5-10-11(8-9)17(3)13(20)12(10)19/h4-5,8,12,19H,6-7H2,1-3H3,(H,16,21). The lowest BCUT2D eigenvalue weighted by Crippen LogP contribution is -2.62. The van der Waals surface area contributed by atoms with Crippen molar-refractivity contribution in [2.75, 3.05) is 29.9 Å². The lowest BCUT2D eigenvalue weighted by molar-refractivity contribution is -0.126. The van der Waals surface area contributed by atoms with E-state index in [4.69, 9.17) is 0 Å². The lowest BCUT2D eigenvalue weighted by Gasteiger charge is -2.43. The SMILES string of the molecule is CN1C(=O)C(O)c2ccc(N3CCNC(=O)C3(C)C)cc21. The molecule has 6 nitrogen and oxygen atoms in total. The van der Waals surface area contributed by atoms with Crippen molar-refractivity contribution < 1.29 is 14.7 Å². The first-order valence-electron chi connectivity index (χ1n) is 6.99. The Bertz CT molecular complexity index is 627. The average molecular weight is 289 g/mol. The maximum absolute atomic E-state index is 12.0. The third kappa shape index (κ3) is 1.90. The first-order valence-corrected chi connectivity index (χ1v) is 6.99. The maximum Gasteiger partial charge on any atom is 0.260 e. The zero-order valence-electron chi connectivity index (χ0n) is 12.4. The molecule has 1 fully saturated rings. The van der Waals surface area contributed by atoms with Crippen molar-refractivity contribution in [1.82, 2.24) is 5.32 Å². The highest BCUT2D eigenvalue weighted by Gasteiger charge is 2.39. The van der Waals surface area contributed by atoms with E-state index in [0.717, 1.165) is 5.69 Å². The van der Waals surface area contributed by atoms with Gasteiger partial charge in [0.25, 0.3) is 5.91 Å². The minimum atomic E-state index is -1.09. The van der Waals surface area contributed by atoms with Gasteiger partial charge in [0.2, 0.25) is 5.91 Å². The molecule has 0 radical (unpaired) electrons. The Balaban J connectivity index is 2.02. The van der Waals surface area contributed by atoms with Crippen molar-refractivity contribution in [1.29, 1.82) is 0 Å². The van der Waals surface area contributed by atoms with Gasteiger partial charge in [0.1, 0.15) is 5.54 Å². The van der Waals surface area contributed by atoms with E-state index in [0.29, 0.717) is 24.3 Å². The van der Waals surface area contributed by atoms with Crippen LogP contribution >= 0.6 is 0 Å². The molecule has 1 unspecified atom stereocenters. The van der Waals surface area contributed by atoms with E-state index in [9.17, 15) is 14.7 Å². The summed E-state index contributed by atoms with van der Waals surface area (Å²) in [6, 6.07) is 5.48. The second-order valence-electron chi connectivity index (χ2n) is 6.01. The number of hydrogen-bond donors (Lipinski definition) is 2. The molecule has 21 heavy (non-hydrogen) atoms. The largest absolute Gasteiger partial charge is 0.378 e. The lowest BCUT2D eigenvalue weighted by atomic mass is 9.97. The molecular weight excluding hydrogens is 270 g/mol. The normalized spacial score (nSPS) is 24.1. The van der Waals surface area contributed by atoms with Gasteiger partial charge in [-0.2, -0.15) is 0 Å². The second-order valence-corrected chi connectivity index (χ2v) is 6.01. The van der Waals surface area contributed by atoms with Crippen molar-refractivity contribution >= 4 is 23.2 Å². The number of rotatable bonds is 1. The number of amides is 2. The first kappa shape index (κ1) is 13.9. The van der Waals surface area contributed by atoms with Gasteiger partial charge in [0.05, 0.1) is 5.69 Å². The van der Waals surface area contributed by atoms with Crippen LogP contribution in [0.4, 0.5) is 11.4 Å². The number of aliphatic hydroxyl groups excluding tert-OH is 1. The molecule has 1 atom stereocenters. The molecule has 3 rings (SSSR count). The molecule has 1 aromatic rings. The molecule has 0 aliphatic carbocycles. The molecule has 2 heterocycles. The first-order chi connectivity index (χ1) is 9.84. The second kappa shape index (κ2) is 4.46. The van der Waals surface area contributed by atoms with Crippen molar-refractivity contribution in [3.05, 3.63) is 23.8 Å². The van der Waals surface area contributed by atoms with Gasteiger partial charge in [0.15, 0.2) is 6.10 Å². The molecule has 112 valence electrons. The summed E-state index contributed by atoms with van der Waals surface area (Å²) in [4.78, 5) is 27.4. The molecule has 0 spiro atoms. The molecule has 2 N–H and O–H groups in total. The fourth-order valence-corrected chi connectivity index (χ4v) is 3.01. The molecule has 0 saturated carbocycles. The number of anilines is 2. The van der Waals surface area contributed by atoms with E-state index < -0.39 is 11.6 Å². The molecule has 2 aliphatic heterocycles. The van der Waals surface area contributed by atoms with Gasteiger partial charge >= 0.3 is 0 Å². The zero-order valence-corrected chi connectivity index (χ0v) is 12.4. The molecule has 1 aromatic carbocycles. The van der Waals surface area contributed by atoms with Crippen LogP contribution in [0.25, 0.3) is 0 Å². The molecule has 6 heteroatoms. The van der Waals surface area contributed by atoms with Gasteiger partial charge in [-0.1, -0.05) is 6.07 Å². The highest BCUT2D eigenvalue weighted by Crippen LogP contribution is 2.38. The quantitative estimate of drug-likeness (QED) is 0.785. The maximum atomic E-state index is 12.0. The topological polar surface area (TPSA) is 72.9 Å². The Morgan fingerprint density at radius 1 is 1.33 bits per heavy atom. The van der Waals surface area contributed by atoms with Crippen LogP contribution in [0.15, 0.2) is 18.2 Å². The summed E-state index contributed by atoms with van der Waals surface area (Å²) < 4.78 is 0. The summed E-state index contributed by atoms with van der Waals surface area (Å²) in [5, 5.41) is 12.8. The van der Waals surface area contributed by atoms with Crippen molar-refractivity contribution in [2.24, 2.45) is 0 Å². The Morgan fingerprint density at radius 2 is 2.05 bits per heavy atom. The van der Waals surface area contributed by atoms with Gasteiger partial charge < -0.3 is 20.2 Å². The van der Waals surface area contributed by atoms with Crippen LogP contribution in [-0.2, 0) is 9.59 Å². The van der Waals surface area contributed by atoms with Crippen molar-refractivity contribution in [3.63, 3.8) is 0 Å². The number of piperazine rings is 1. The van der Waals surface area contributed by atoms with Gasteiger partial charge in [-0.15, -0.1) is 0 Å². The van der Waals surface area contributed by atoms with Crippen LogP contribution < -0.4 is 15.1 Å². The summed E-state index contributed by atoms with van der Waals surface area (Å²) in [6.07, 6.45) is -1.09. The smallest absolute Gasteiger partial charge is 0.260 e. The van der Waals surface area contributed by atoms with Crippen LogP contribution in [0.2, 0.25) is 0 Å². The predicted octanol–water partition coefficient (Wildman–Crippen LogP) is 0.411. The van der Waals surface area contributed by atoms with Crippen LogP contribution in [0.5, 0.6) is 0 Å². The average Bonchev–Trinajstić information content (AvgIpc) is 2.66. The molecule has 1 saturated heterocycles. The number of aliphatic hydroxyl groups is 1. The van der Waals surface area contributed by atoms with Crippen LogP contribution in [0.3, 0.4) is 0 Å². The number of hydrogen-bond acceptors (Lipinski definition) is 4. The van der Waals surface area contributed by atoms with Gasteiger partial charge in [-0.05, 0) is 26.0 Å². The predicted molar refractivity (Wildman–Crippen MR) is 79.2 cm³/mol. The summed E-state index contributed by atoms with van der Waals surface area (Å²) in [5.74, 6) is -0.337. The monoisotopic (exact) mass is 289 g/mol. The van der Waals surface area contributed by atoms with Gasteiger partial charge in [-0.25, -0.2) is 0 Å². The molecule has 2 amide bonds. The number of fused-ring (bicyclic) bond motifs is 1. The highest BCUT2D eigenvalue weighted by molar-refractivity contribution is 6.04. The fraction of sp³-hybridized carbons (Fsp3) is 0.467. The Hall–Kier alpha value is -2.08. The Kier molecular flexibility index (Phi) is 2.95. The van der Waals surface area contributed by atoms with Crippen molar-refractivity contribution in [2.45, 2.75) is 25.5 Å². The minimum absolute atomic E-state index is 0.0151. The van der Waals surface area contributed by atoms with Crippen LogP contribution in [-0.4, -0.2) is 42.6 Å². The molecule has 2 aliphatic rings. The van der Waals surface area contributed by atoms with E-state index in [1.54, 1.807) is 13.1 Å². The van der Waals surface area contributed by atoms with Crippen LogP contribution in [0, 0.1) is 0 Å². The Morgan fingerprint density at radius 3 is 2.76 bits per heavy atom. The third-order valence-electron chi connectivity index (χ3n) is 4.40. The summed E-state index contributed by atoms with van der Waals surface area (Å²) in [5.41, 5.74) is 1.55.